The third-order valence-electron chi connectivity index (χ3n) is 4.24. The second-order valence-electron chi connectivity index (χ2n) is 6.88. The Labute approximate surface area is 168 Å². The van der Waals surface area contributed by atoms with Gasteiger partial charge < -0.3 is 10.6 Å². The lowest BCUT2D eigenvalue weighted by Gasteiger charge is -2.27. The minimum Gasteiger partial charge on any atom is -0.353 e. The molecule has 0 spiro atoms. The van der Waals surface area contributed by atoms with Crippen LogP contribution in [0.25, 0.3) is 0 Å². The molecule has 0 saturated carbocycles. The smallest absolute Gasteiger partial charge is 0.253 e. The van der Waals surface area contributed by atoms with Gasteiger partial charge in [0.25, 0.3) is 5.91 Å². The molecule has 2 aromatic rings. The summed E-state index contributed by atoms with van der Waals surface area (Å²) in [6.07, 6.45) is 0. The molecule has 0 aromatic heterocycles. The van der Waals surface area contributed by atoms with E-state index in [1.165, 1.54) is 12.1 Å². The summed E-state index contributed by atoms with van der Waals surface area (Å²) in [5.74, 6) is -1.21. The number of hydrogen-bond donors (Lipinski definition) is 2. The maximum absolute atomic E-state index is 14.0. The molecule has 0 radical (unpaired) electrons. The first-order valence-electron chi connectivity index (χ1n) is 8.41. The standard InChI is InChI=1S/C20H21Cl2FN2O2/c1-12(25-19(27)13-7-6-9-15(21)17(13)22)18(26)24-11-20(2,3)14-8-4-5-10-16(14)23/h4-10,12H,11H2,1-3H3,(H,24,26)(H,25,27). The van der Waals surface area contributed by atoms with Crippen LogP contribution in [0.15, 0.2) is 42.5 Å². The molecule has 1 unspecified atom stereocenters. The first-order valence-corrected chi connectivity index (χ1v) is 9.16. The molecule has 2 N–H and O–H groups in total. The van der Waals surface area contributed by atoms with Crippen LogP contribution in [0.2, 0.25) is 10.0 Å². The Hall–Kier alpha value is -2.11. The van der Waals surface area contributed by atoms with E-state index in [4.69, 9.17) is 23.2 Å². The van der Waals surface area contributed by atoms with E-state index in [0.29, 0.717) is 5.56 Å². The molecule has 1 atom stereocenters. The quantitative estimate of drug-likeness (QED) is 0.743. The van der Waals surface area contributed by atoms with E-state index in [2.05, 4.69) is 10.6 Å². The Morgan fingerprint density at radius 2 is 1.78 bits per heavy atom. The summed E-state index contributed by atoms with van der Waals surface area (Å²) >= 11 is 11.9. The number of carbonyl (C=O) groups excluding carboxylic acids is 2. The second kappa shape index (κ2) is 8.72. The number of nitrogens with one attached hydrogen (secondary N) is 2. The van der Waals surface area contributed by atoms with Crippen LogP contribution in [0.4, 0.5) is 4.39 Å². The number of rotatable bonds is 6. The number of benzene rings is 2. The normalized spacial score (nSPS) is 12.4. The average Bonchev–Trinajstić information content (AvgIpc) is 2.62. The molecule has 0 heterocycles. The van der Waals surface area contributed by atoms with Gasteiger partial charge in [0.15, 0.2) is 0 Å². The van der Waals surface area contributed by atoms with Gasteiger partial charge in [0, 0.05) is 12.0 Å². The zero-order chi connectivity index (χ0) is 20.2. The molecule has 0 aliphatic carbocycles. The van der Waals surface area contributed by atoms with Crippen LogP contribution in [-0.4, -0.2) is 24.4 Å². The van der Waals surface area contributed by atoms with Crippen LogP contribution in [0.1, 0.15) is 36.7 Å². The van der Waals surface area contributed by atoms with Crippen LogP contribution in [0.3, 0.4) is 0 Å². The summed E-state index contributed by atoms with van der Waals surface area (Å²) in [4.78, 5) is 24.7. The first-order chi connectivity index (χ1) is 12.6. The number of halogens is 3. The van der Waals surface area contributed by atoms with Crippen molar-refractivity contribution in [3.63, 3.8) is 0 Å². The Morgan fingerprint density at radius 3 is 2.44 bits per heavy atom. The molecule has 0 aliphatic rings. The van der Waals surface area contributed by atoms with E-state index >= 15 is 0 Å². The van der Waals surface area contributed by atoms with Crippen LogP contribution >= 0.6 is 23.2 Å². The zero-order valence-corrected chi connectivity index (χ0v) is 16.8. The topological polar surface area (TPSA) is 58.2 Å². The molecule has 2 aromatic carbocycles. The summed E-state index contributed by atoms with van der Waals surface area (Å²) in [5, 5.41) is 5.72. The fourth-order valence-electron chi connectivity index (χ4n) is 2.59. The highest BCUT2D eigenvalue weighted by Gasteiger charge is 2.26. The van der Waals surface area contributed by atoms with Crippen molar-refractivity contribution in [1.82, 2.24) is 10.6 Å². The molecule has 7 heteroatoms. The van der Waals surface area contributed by atoms with Gasteiger partial charge in [-0.05, 0) is 30.7 Å². The van der Waals surface area contributed by atoms with Crippen molar-refractivity contribution < 1.29 is 14.0 Å². The predicted octanol–water partition coefficient (Wildman–Crippen LogP) is 4.34. The number of amides is 2. The SMILES string of the molecule is CC(NC(=O)c1cccc(Cl)c1Cl)C(=O)NCC(C)(C)c1ccccc1F. The fourth-order valence-corrected chi connectivity index (χ4v) is 2.97. The summed E-state index contributed by atoms with van der Waals surface area (Å²) in [6.45, 7) is 5.44. The van der Waals surface area contributed by atoms with Gasteiger partial charge in [-0.2, -0.15) is 0 Å². The third kappa shape index (κ3) is 5.21. The summed E-state index contributed by atoms with van der Waals surface area (Å²) in [5.41, 5.74) is 0.0873. The largest absolute Gasteiger partial charge is 0.353 e. The molecular formula is C20H21Cl2FN2O2. The lowest BCUT2D eigenvalue weighted by Crippen LogP contribution is -2.48. The van der Waals surface area contributed by atoms with Gasteiger partial charge in [-0.25, -0.2) is 4.39 Å². The molecule has 4 nitrogen and oxygen atoms in total. The van der Waals surface area contributed by atoms with Crippen molar-refractivity contribution in [3.8, 4) is 0 Å². The van der Waals surface area contributed by atoms with Gasteiger partial charge in [0.1, 0.15) is 11.9 Å². The Morgan fingerprint density at radius 1 is 1.11 bits per heavy atom. The zero-order valence-electron chi connectivity index (χ0n) is 15.3. The fraction of sp³-hybridized carbons (Fsp3) is 0.300. The average molecular weight is 411 g/mol. The van der Waals surface area contributed by atoms with E-state index in [1.807, 2.05) is 13.8 Å². The van der Waals surface area contributed by atoms with Gasteiger partial charge in [0.2, 0.25) is 5.91 Å². The lowest BCUT2D eigenvalue weighted by atomic mass is 9.84. The van der Waals surface area contributed by atoms with Crippen LogP contribution in [0, 0.1) is 5.82 Å². The summed E-state index contributed by atoms with van der Waals surface area (Å²) < 4.78 is 14.0. The molecule has 0 saturated heterocycles. The Bertz CT molecular complexity index is 856. The number of carbonyl (C=O) groups is 2. The monoisotopic (exact) mass is 410 g/mol. The van der Waals surface area contributed by atoms with Gasteiger partial charge in [-0.1, -0.05) is 61.3 Å². The van der Waals surface area contributed by atoms with E-state index in [0.717, 1.165) is 0 Å². The lowest BCUT2D eigenvalue weighted by molar-refractivity contribution is -0.122. The minimum atomic E-state index is -0.802. The summed E-state index contributed by atoms with van der Waals surface area (Å²) in [6, 6.07) is 10.3. The highest BCUT2D eigenvalue weighted by Crippen LogP contribution is 2.26. The molecule has 144 valence electrons. The van der Waals surface area contributed by atoms with Crippen molar-refractivity contribution in [3.05, 3.63) is 69.5 Å². The molecule has 2 rings (SSSR count). The molecule has 0 fully saturated rings. The molecule has 0 bridgehead atoms. The Kier molecular flexibility index (Phi) is 6.84. The van der Waals surface area contributed by atoms with E-state index < -0.39 is 17.4 Å². The predicted molar refractivity (Wildman–Crippen MR) is 106 cm³/mol. The second-order valence-corrected chi connectivity index (χ2v) is 7.66. The first kappa shape index (κ1) is 21.2. The van der Waals surface area contributed by atoms with Crippen molar-refractivity contribution in [2.45, 2.75) is 32.2 Å². The summed E-state index contributed by atoms with van der Waals surface area (Å²) in [7, 11) is 0. The molecular weight excluding hydrogens is 390 g/mol. The number of hydrogen-bond acceptors (Lipinski definition) is 2. The Balaban J connectivity index is 1.98. The van der Waals surface area contributed by atoms with Crippen molar-refractivity contribution in [2.75, 3.05) is 6.54 Å². The van der Waals surface area contributed by atoms with Crippen LogP contribution in [0.5, 0.6) is 0 Å². The molecule has 27 heavy (non-hydrogen) atoms. The van der Waals surface area contributed by atoms with Gasteiger partial charge in [0.05, 0.1) is 15.6 Å². The van der Waals surface area contributed by atoms with E-state index in [1.54, 1.807) is 37.3 Å². The minimum absolute atomic E-state index is 0.130. The van der Waals surface area contributed by atoms with E-state index in [9.17, 15) is 14.0 Å². The maximum atomic E-state index is 14.0. The van der Waals surface area contributed by atoms with Crippen LogP contribution in [-0.2, 0) is 10.2 Å². The highest BCUT2D eigenvalue weighted by molar-refractivity contribution is 6.43. The molecule has 2 amide bonds. The van der Waals surface area contributed by atoms with Crippen LogP contribution < -0.4 is 10.6 Å². The van der Waals surface area contributed by atoms with Crippen molar-refractivity contribution in [2.24, 2.45) is 0 Å². The third-order valence-corrected chi connectivity index (χ3v) is 5.06. The molecule has 0 aliphatic heterocycles. The van der Waals surface area contributed by atoms with Gasteiger partial charge >= 0.3 is 0 Å². The van der Waals surface area contributed by atoms with Crippen molar-refractivity contribution in [1.29, 1.82) is 0 Å². The highest BCUT2D eigenvalue weighted by atomic mass is 35.5. The van der Waals surface area contributed by atoms with E-state index in [-0.39, 0.29) is 33.9 Å². The van der Waals surface area contributed by atoms with Crippen molar-refractivity contribution >= 4 is 35.0 Å². The van der Waals surface area contributed by atoms with Gasteiger partial charge in [-0.3, -0.25) is 9.59 Å². The maximum Gasteiger partial charge on any atom is 0.253 e. The van der Waals surface area contributed by atoms with Gasteiger partial charge in [-0.15, -0.1) is 0 Å².